The molecule has 17 heavy (non-hydrogen) atoms. The van der Waals surface area contributed by atoms with Gasteiger partial charge in [-0.1, -0.05) is 42.5 Å². The van der Waals surface area contributed by atoms with Crippen LogP contribution in [0, 0.1) is 0 Å². The van der Waals surface area contributed by atoms with Crippen molar-refractivity contribution in [3.8, 4) is 0 Å². The Labute approximate surface area is 105 Å². The molecule has 0 aliphatic heterocycles. The molecular weight excluding hydrogens is 230 g/mol. The Hall–Kier alpha value is -1.87. The van der Waals surface area contributed by atoms with E-state index < -0.39 is 0 Å². The minimum atomic E-state index is -0.0345. The van der Waals surface area contributed by atoms with Gasteiger partial charge >= 0.3 is 0 Å². The van der Waals surface area contributed by atoms with Crippen molar-refractivity contribution in [2.45, 2.75) is 0 Å². The van der Waals surface area contributed by atoms with E-state index in [9.17, 15) is 4.79 Å². The minimum Gasteiger partial charge on any atom is -0.354 e. The maximum absolute atomic E-state index is 11.6. The first-order valence-electron chi connectivity index (χ1n) is 5.34. The highest BCUT2D eigenvalue weighted by Gasteiger charge is 2.08. The van der Waals surface area contributed by atoms with E-state index in [2.05, 4.69) is 5.32 Å². The summed E-state index contributed by atoms with van der Waals surface area (Å²) in [6.45, 7) is 0. The number of hydrogen-bond donors (Lipinski definition) is 1. The Balaban J connectivity index is 2.22. The Bertz CT molecular complexity index is 528. The fourth-order valence-corrected chi connectivity index (χ4v) is 2.33. The van der Waals surface area contributed by atoms with Gasteiger partial charge in [-0.3, -0.25) is 4.79 Å². The molecule has 0 saturated carbocycles. The third-order valence-electron chi connectivity index (χ3n) is 2.38. The molecule has 0 unspecified atom stereocenters. The third kappa shape index (κ3) is 2.82. The van der Waals surface area contributed by atoms with Gasteiger partial charge in [0.2, 0.25) is 0 Å². The summed E-state index contributed by atoms with van der Waals surface area (Å²) in [7, 11) is 1.65. The van der Waals surface area contributed by atoms with E-state index in [1.54, 1.807) is 7.05 Å². The molecule has 3 heteroatoms. The number of hydrogen-bond acceptors (Lipinski definition) is 2. The molecule has 2 nitrogen and oxygen atoms in total. The third-order valence-corrected chi connectivity index (χ3v) is 3.31. The monoisotopic (exact) mass is 243 g/mol. The number of thiophene rings is 1. The van der Waals surface area contributed by atoms with Gasteiger partial charge in [-0.2, -0.15) is 0 Å². The van der Waals surface area contributed by atoms with Crippen molar-refractivity contribution >= 4 is 29.4 Å². The van der Waals surface area contributed by atoms with Crippen LogP contribution in [0.5, 0.6) is 0 Å². The summed E-state index contributed by atoms with van der Waals surface area (Å²) in [6, 6.07) is 12.0. The second kappa shape index (κ2) is 5.46. The van der Waals surface area contributed by atoms with Crippen LogP contribution in [0.2, 0.25) is 0 Å². The first-order valence-corrected chi connectivity index (χ1v) is 6.22. The van der Waals surface area contributed by atoms with Crippen molar-refractivity contribution in [3.63, 3.8) is 0 Å². The van der Waals surface area contributed by atoms with Crippen molar-refractivity contribution in [1.29, 1.82) is 0 Å². The summed E-state index contributed by atoms with van der Waals surface area (Å²) in [5, 5.41) is 4.57. The van der Waals surface area contributed by atoms with Crippen molar-refractivity contribution in [1.82, 2.24) is 5.32 Å². The molecule has 0 atom stereocenters. The van der Waals surface area contributed by atoms with Gasteiger partial charge in [-0.25, -0.2) is 0 Å². The van der Waals surface area contributed by atoms with E-state index in [0.717, 1.165) is 16.0 Å². The Morgan fingerprint density at radius 2 is 1.94 bits per heavy atom. The fourth-order valence-electron chi connectivity index (χ4n) is 1.50. The predicted molar refractivity (Wildman–Crippen MR) is 73.1 cm³/mol. The second-order valence-electron chi connectivity index (χ2n) is 3.53. The Kier molecular flexibility index (Phi) is 3.73. The summed E-state index contributed by atoms with van der Waals surface area (Å²) in [6.07, 6.45) is 3.98. The molecule has 2 aromatic rings. The summed E-state index contributed by atoms with van der Waals surface area (Å²) >= 11 is 1.45. The van der Waals surface area contributed by atoms with Gasteiger partial charge in [-0.05, 0) is 22.6 Å². The molecule has 0 fully saturated rings. The van der Waals surface area contributed by atoms with Gasteiger partial charge in [0.15, 0.2) is 0 Å². The molecule has 1 heterocycles. The predicted octanol–water partition coefficient (Wildman–Crippen LogP) is 3.28. The van der Waals surface area contributed by atoms with Crippen LogP contribution < -0.4 is 5.32 Å². The molecule has 1 aromatic heterocycles. The summed E-state index contributed by atoms with van der Waals surface area (Å²) in [4.78, 5) is 12.3. The van der Waals surface area contributed by atoms with Crippen LogP contribution >= 0.6 is 11.3 Å². The summed E-state index contributed by atoms with van der Waals surface area (Å²) in [5.74, 6) is -0.0345. The number of nitrogens with one attached hydrogen (secondary N) is 1. The van der Waals surface area contributed by atoms with Crippen LogP contribution in [0.15, 0.2) is 41.8 Å². The van der Waals surface area contributed by atoms with E-state index in [1.807, 2.05) is 53.9 Å². The lowest BCUT2D eigenvalue weighted by molar-refractivity contribution is 0.0967. The van der Waals surface area contributed by atoms with Crippen LogP contribution in [-0.4, -0.2) is 13.0 Å². The zero-order chi connectivity index (χ0) is 12.1. The SMILES string of the molecule is CNC(=O)c1sccc1/C=C/c1ccccc1. The molecular formula is C14H13NOS. The minimum absolute atomic E-state index is 0.0345. The number of carbonyl (C=O) groups excluding carboxylic acids is 1. The first kappa shape index (κ1) is 11.6. The van der Waals surface area contributed by atoms with Crippen molar-refractivity contribution < 1.29 is 4.79 Å². The highest BCUT2D eigenvalue weighted by atomic mass is 32.1. The Morgan fingerprint density at radius 3 is 2.65 bits per heavy atom. The highest BCUT2D eigenvalue weighted by molar-refractivity contribution is 7.12. The number of rotatable bonds is 3. The Morgan fingerprint density at radius 1 is 1.18 bits per heavy atom. The molecule has 86 valence electrons. The molecule has 0 radical (unpaired) electrons. The lowest BCUT2D eigenvalue weighted by atomic mass is 10.1. The molecule has 1 aromatic carbocycles. The maximum Gasteiger partial charge on any atom is 0.261 e. The summed E-state index contributed by atoms with van der Waals surface area (Å²) in [5.41, 5.74) is 2.08. The molecule has 0 bridgehead atoms. The second-order valence-corrected chi connectivity index (χ2v) is 4.44. The van der Waals surface area contributed by atoms with Gasteiger partial charge in [0.05, 0.1) is 4.88 Å². The van der Waals surface area contributed by atoms with Crippen LogP contribution in [0.25, 0.3) is 12.2 Å². The van der Waals surface area contributed by atoms with Gasteiger partial charge in [0.25, 0.3) is 5.91 Å². The van der Waals surface area contributed by atoms with Crippen molar-refractivity contribution in [2.75, 3.05) is 7.05 Å². The van der Waals surface area contributed by atoms with Gasteiger partial charge in [0.1, 0.15) is 0 Å². The van der Waals surface area contributed by atoms with Gasteiger partial charge in [-0.15, -0.1) is 11.3 Å². The van der Waals surface area contributed by atoms with Crippen molar-refractivity contribution in [2.24, 2.45) is 0 Å². The molecule has 0 aliphatic rings. The van der Waals surface area contributed by atoms with Crippen LogP contribution in [0.4, 0.5) is 0 Å². The highest BCUT2D eigenvalue weighted by Crippen LogP contribution is 2.19. The zero-order valence-corrected chi connectivity index (χ0v) is 10.3. The first-order chi connectivity index (χ1) is 8.31. The zero-order valence-electron chi connectivity index (χ0n) is 9.51. The summed E-state index contributed by atoms with van der Waals surface area (Å²) < 4.78 is 0. The fraction of sp³-hybridized carbons (Fsp3) is 0.0714. The smallest absolute Gasteiger partial charge is 0.261 e. The van der Waals surface area contributed by atoms with E-state index in [-0.39, 0.29) is 5.91 Å². The number of benzene rings is 1. The van der Waals surface area contributed by atoms with Crippen LogP contribution in [-0.2, 0) is 0 Å². The lowest BCUT2D eigenvalue weighted by Gasteiger charge is -1.97. The number of amides is 1. The lowest BCUT2D eigenvalue weighted by Crippen LogP contribution is -2.17. The molecule has 0 aliphatic carbocycles. The van der Waals surface area contributed by atoms with Gasteiger partial charge < -0.3 is 5.32 Å². The van der Waals surface area contributed by atoms with E-state index in [0.29, 0.717) is 0 Å². The van der Waals surface area contributed by atoms with Gasteiger partial charge in [0, 0.05) is 7.05 Å². The molecule has 1 N–H and O–H groups in total. The molecule has 0 spiro atoms. The van der Waals surface area contributed by atoms with E-state index in [1.165, 1.54) is 11.3 Å². The molecule has 2 rings (SSSR count). The standard InChI is InChI=1S/C14H13NOS/c1-15-14(16)13-12(9-10-17-13)8-7-11-5-3-2-4-6-11/h2-10H,1H3,(H,15,16)/b8-7+. The van der Waals surface area contributed by atoms with E-state index in [4.69, 9.17) is 0 Å². The quantitative estimate of drug-likeness (QED) is 0.880. The maximum atomic E-state index is 11.6. The topological polar surface area (TPSA) is 29.1 Å². The van der Waals surface area contributed by atoms with Crippen LogP contribution in [0.3, 0.4) is 0 Å². The van der Waals surface area contributed by atoms with Crippen LogP contribution in [0.1, 0.15) is 20.8 Å². The van der Waals surface area contributed by atoms with E-state index >= 15 is 0 Å². The molecule has 1 amide bonds. The van der Waals surface area contributed by atoms with Crippen molar-refractivity contribution in [3.05, 3.63) is 57.8 Å². The molecule has 0 saturated heterocycles. The number of carbonyl (C=O) groups is 1. The largest absolute Gasteiger partial charge is 0.354 e. The average molecular weight is 243 g/mol. The average Bonchev–Trinajstić information content (AvgIpc) is 2.85. The normalized spacial score (nSPS) is 10.6.